The van der Waals surface area contributed by atoms with Crippen LogP contribution in [0.3, 0.4) is 0 Å². The Bertz CT molecular complexity index is 571. The van der Waals surface area contributed by atoms with Gasteiger partial charge in [0.1, 0.15) is 5.75 Å². The van der Waals surface area contributed by atoms with Crippen molar-refractivity contribution in [3.63, 3.8) is 0 Å². The zero-order chi connectivity index (χ0) is 18.8. The van der Waals surface area contributed by atoms with E-state index < -0.39 is 0 Å². The van der Waals surface area contributed by atoms with Crippen molar-refractivity contribution in [2.75, 3.05) is 39.8 Å². The smallest absolute Gasteiger partial charge is 0.191 e. The molecule has 1 aliphatic heterocycles. The molecule has 154 valence electrons. The standard InChI is InChI=1S/C21H36N4O.HI/c1-5-25-13-10-18(11-14-25)9-12-23-21(22-4)24-16-19-8-7-17(3)15-20(19)26-6-2;/h7-8,15,18H,5-6,9-14,16H2,1-4H3,(H2,22,23,24);1H. The summed E-state index contributed by atoms with van der Waals surface area (Å²) in [5.74, 6) is 2.65. The van der Waals surface area contributed by atoms with Crippen molar-refractivity contribution in [3.05, 3.63) is 29.3 Å². The first-order valence-corrected chi connectivity index (χ1v) is 10.0. The zero-order valence-electron chi connectivity index (χ0n) is 17.4. The van der Waals surface area contributed by atoms with Crippen LogP contribution in [-0.4, -0.2) is 50.7 Å². The number of nitrogens with one attached hydrogen (secondary N) is 2. The van der Waals surface area contributed by atoms with Crippen LogP contribution >= 0.6 is 24.0 Å². The second-order valence-corrected chi connectivity index (χ2v) is 7.06. The molecule has 0 aliphatic carbocycles. The largest absolute Gasteiger partial charge is 0.494 e. The monoisotopic (exact) mass is 488 g/mol. The van der Waals surface area contributed by atoms with Gasteiger partial charge in [-0.2, -0.15) is 0 Å². The summed E-state index contributed by atoms with van der Waals surface area (Å²) >= 11 is 0. The van der Waals surface area contributed by atoms with Gasteiger partial charge in [-0.15, -0.1) is 24.0 Å². The highest BCUT2D eigenvalue weighted by Crippen LogP contribution is 2.21. The fourth-order valence-electron chi connectivity index (χ4n) is 3.48. The average molecular weight is 488 g/mol. The maximum atomic E-state index is 5.76. The Balaban J connectivity index is 0.00000364. The summed E-state index contributed by atoms with van der Waals surface area (Å²) in [7, 11) is 1.83. The number of aryl methyl sites for hydroxylation is 1. The van der Waals surface area contributed by atoms with Gasteiger partial charge in [0.2, 0.25) is 0 Å². The van der Waals surface area contributed by atoms with E-state index in [-0.39, 0.29) is 24.0 Å². The third-order valence-corrected chi connectivity index (χ3v) is 5.19. The lowest BCUT2D eigenvalue weighted by molar-refractivity contribution is 0.187. The summed E-state index contributed by atoms with van der Waals surface area (Å²) in [5.41, 5.74) is 2.38. The van der Waals surface area contributed by atoms with Crippen LogP contribution < -0.4 is 15.4 Å². The Labute approximate surface area is 182 Å². The number of aliphatic imine (C=N–C) groups is 1. The van der Waals surface area contributed by atoms with Gasteiger partial charge in [-0.05, 0) is 70.3 Å². The lowest BCUT2D eigenvalue weighted by atomic mass is 9.93. The molecule has 2 N–H and O–H groups in total. The van der Waals surface area contributed by atoms with Gasteiger partial charge in [0.05, 0.1) is 6.61 Å². The van der Waals surface area contributed by atoms with Crippen LogP contribution in [0.2, 0.25) is 0 Å². The Kier molecular flexibility index (Phi) is 11.7. The molecule has 1 heterocycles. The Hall–Kier alpha value is -1.02. The first-order valence-electron chi connectivity index (χ1n) is 10.0. The number of ether oxygens (including phenoxy) is 1. The molecule has 1 aliphatic rings. The lowest BCUT2D eigenvalue weighted by Crippen LogP contribution is -2.39. The Morgan fingerprint density at radius 1 is 1.22 bits per heavy atom. The van der Waals surface area contributed by atoms with Crippen LogP contribution in [0.15, 0.2) is 23.2 Å². The van der Waals surface area contributed by atoms with E-state index >= 15 is 0 Å². The number of hydrogen-bond donors (Lipinski definition) is 2. The first-order chi connectivity index (χ1) is 12.7. The zero-order valence-corrected chi connectivity index (χ0v) is 19.7. The van der Waals surface area contributed by atoms with Gasteiger partial charge in [0.15, 0.2) is 5.96 Å². The molecule has 1 aromatic carbocycles. The SMILES string of the molecule is CCOc1cc(C)ccc1CNC(=NC)NCCC1CCN(CC)CC1.I. The number of nitrogens with zero attached hydrogens (tertiary/aromatic N) is 2. The highest BCUT2D eigenvalue weighted by molar-refractivity contribution is 14.0. The molecule has 0 atom stereocenters. The molecule has 1 saturated heterocycles. The summed E-state index contributed by atoms with van der Waals surface area (Å²) < 4.78 is 5.76. The van der Waals surface area contributed by atoms with Crippen LogP contribution in [0.5, 0.6) is 5.75 Å². The van der Waals surface area contributed by atoms with Gasteiger partial charge in [-0.3, -0.25) is 4.99 Å². The fraction of sp³-hybridized carbons (Fsp3) is 0.667. The minimum absolute atomic E-state index is 0. The number of hydrogen-bond acceptors (Lipinski definition) is 3. The molecule has 2 rings (SSSR count). The Morgan fingerprint density at radius 3 is 2.59 bits per heavy atom. The molecule has 5 nitrogen and oxygen atoms in total. The van der Waals surface area contributed by atoms with Crippen LogP contribution in [0.4, 0.5) is 0 Å². The summed E-state index contributed by atoms with van der Waals surface area (Å²) in [5, 5.41) is 6.87. The van der Waals surface area contributed by atoms with Crippen molar-refractivity contribution in [1.82, 2.24) is 15.5 Å². The number of benzene rings is 1. The quantitative estimate of drug-likeness (QED) is 0.332. The maximum Gasteiger partial charge on any atom is 0.191 e. The molecular weight excluding hydrogens is 451 g/mol. The molecule has 1 fully saturated rings. The van der Waals surface area contributed by atoms with E-state index in [0.29, 0.717) is 13.2 Å². The third kappa shape index (κ3) is 8.25. The van der Waals surface area contributed by atoms with Crippen molar-refractivity contribution in [3.8, 4) is 5.75 Å². The van der Waals surface area contributed by atoms with Gasteiger partial charge in [-0.25, -0.2) is 0 Å². The molecule has 0 radical (unpaired) electrons. The van der Waals surface area contributed by atoms with E-state index in [1.807, 2.05) is 14.0 Å². The van der Waals surface area contributed by atoms with Crippen molar-refractivity contribution < 1.29 is 4.74 Å². The number of rotatable bonds is 8. The number of likely N-dealkylation sites (tertiary alicyclic amines) is 1. The molecular formula is C21H37IN4O. The van der Waals surface area contributed by atoms with Crippen molar-refractivity contribution in [2.24, 2.45) is 10.9 Å². The molecule has 0 aromatic heterocycles. The summed E-state index contributed by atoms with van der Waals surface area (Å²) in [6.45, 7) is 12.4. The second kappa shape index (κ2) is 13.2. The van der Waals surface area contributed by atoms with E-state index in [2.05, 4.69) is 52.6 Å². The van der Waals surface area contributed by atoms with Gasteiger partial charge in [0.25, 0.3) is 0 Å². The van der Waals surface area contributed by atoms with Crippen molar-refractivity contribution in [2.45, 2.75) is 46.6 Å². The molecule has 1 aromatic rings. The van der Waals surface area contributed by atoms with E-state index in [1.54, 1.807) is 0 Å². The van der Waals surface area contributed by atoms with Crippen LogP contribution in [0, 0.1) is 12.8 Å². The Morgan fingerprint density at radius 2 is 1.96 bits per heavy atom. The molecule has 0 spiro atoms. The molecule has 6 heteroatoms. The lowest BCUT2D eigenvalue weighted by Gasteiger charge is -2.31. The normalized spacial score (nSPS) is 15.9. The molecule has 0 unspecified atom stereocenters. The van der Waals surface area contributed by atoms with Crippen LogP contribution in [0.25, 0.3) is 0 Å². The van der Waals surface area contributed by atoms with Gasteiger partial charge >= 0.3 is 0 Å². The molecule has 0 saturated carbocycles. The van der Waals surface area contributed by atoms with E-state index in [9.17, 15) is 0 Å². The van der Waals surface area contributed by atoms with E-state index in [4.69, 9.17) is 4.74 Å². The van der Waals surface area contributed by atoms with Gasteiger partial charge < -0.3 is 20.3 Å². The predicted molar refractivity (Wildman–Crippen MR) is 125 cm³/mol. The third-order valence-electron chi connectivity index (χ3n) is 5.19. The van der Waals surface area contributed by atoms with Crippen molar-refractivity contribution in [1.29, 1.82) is 0 Å². The van der Waals surface area contributed by atoms with E-state index in [0.717, 1.165) is 29.7 Å². The fourth-order valence-corrected chi connectivity index (χ4v) is 3.48. The second-order valence-electron chi connectivity index (χ2n) is 7.06. The summed E-state index contributed by atoms with van der Waals surface area (Å²) in [4.78, 5) is 6.89. The number of piperidine rings is 1. The molecule has 0 bridgehead atoms. The topological polar surface area (TPSA) is 48.9 Å². The minimum Gasteiger partial charge on any atom is -0.494 e. The van der Waals surface area contributed by atoms with Gasteiger partial charge in [0, 0.05) is 25.7 Å². The van der Waals surface area contributed by atoms with Gasteiger partial charge in [-0.1, -0.05) is 19.1 Å². The van der Waals surface area contributed by atoms with Crippen molar-refractivity contribution >= 4 is 29.9 Å². The minimum atomic E-state index is 0. The van der Waals surface area contributed by atoms with E-state index in [1.165, 1.54) is 44.5 Å². The number of guanidine groups is 1. The number of halogens is 1. The highest BCUT2D eigenvalue weighted by atomic mass is 127. The molecule has 0 amide bonds. The highest BCUT2D eigenvalue weighted by Gasteiger charge is 2.17. The predicted octanol–water partition coefficient (Wildman–Crippen LogP) is 3.80. The average Bonchev–Trinajstić information content (AvgIpc) is 2.66. The summed E-state index contributed by atoms with van der Waals surface area (Å²) in [6.07, 6.45) is 3.86. The van der Waals surface area contributed by atoms with Crippen LogP contribution in [0.1, 0.15) is 44.2 Å². The summed E-state index contributed by atoms with van der Waals surface area (Å²) in [6, 6.07) is 6.35. The van der Waals surface area contributed by atoms with Crippen LogP contribution in [-0.2, 0) is 6.54 Å². The molecule has 27 heavy (non-hydrogen) atoms. The first kappa shape index (κ1) is 24.0. The maximum absolute atomic E-state index is 5.76.